The van der Waals surface area contributed by atoms with E-state index >= 15 is 0 Å². The molecule has 0 bridgehead atoms. The van der Waals surface area contributed by atoms with E-state index in [1.54, 1.807) is 0 Å². The zero-order chi connectivity index (χ0) is 9.10. The molecule has 1 aromatic rings. The van der Waals surface area contributed by atoms with Gasteiger partial charge in [0.2, 0.25) is 0 Å². The van der Waals surface area contributed by atoms with Crippen molar-refractivity contribution in [3.05, 3.63) is 35.9 Å². The van der Waals surface area contributed by atoms with Gasteiger partial charge in [0.15, 0.2) is 0 Å². The van der Waals surface area contributed by atoms with Crippen LogP contribution in [0.4, 0.5) is 0 Å². The minimum Gasteiger partial charge on any atom is -0.301 e. The lowest BCUT2D eigenvalue weighted by Gasteiger charge is -2.28. The Kier molecular flexibility index (Phi) is 2.87. The molecule has 1 N–H and O–H groups in total. The highest BCUT2D eigenvalue weighted by atomic mass is 35.5. The highest BCUT2D eigenvalue weighted by molar-refractivity contribution is 6.20. The van der Waals surface area contributed by atoms with Crippen LogP contribution < -0.4 is 5.32 Å². The van der Waals surface area contributed by atoms with Gasteiger partial charge in [0, 0.05) is 5.92 Å². The van der Waals surface area contributed by atoms with Crippen molar-refractivity contribution < 1.29 is 0 Å². The van der Waals surface area contributed by atoms with Crippen LogP contribution >= 0.6 is 11.6 Å². The van der Waals surface area contributed by atoms with Crippen LogP contribution in [0.25, 0.3) is 0 Å². The second-order valence-electron chi connectivity index (χ2n) is 3.52. The Morgan fingerprint density at radius 3 is 2.69 bits per heavy atom. The molecule has 2 atom stereocenters. The van der Waals surface area contributed by atoms with Gasteiger partial charge in [-0.2, -0.15) is 0 Å². The summed E-state index contributed by atoms with van der Waals surface area (Å²) in [7, 11) is 0. The average Bonchev–Trinajstić information content (AvgIpc) is 2.20. The van der Waals surface area contributed by atoms with Gasteiger partial charge < -0.3 is 5.32 Å². The van der Waals surface area contributed by atoms with Crippen LogP contribution in [-0.2, 0) is 0 Å². The first-order valence-electron chi connectivity index (χ1n) is 4.80. The molecule has 1 heterocycles. The molecule has 2 rings (SSSR count). The van der Waals surface area contributed by atoms with E-state index in [0.717, 1.165) is 6.54 Å². The molecule has 0 saturated carbocycles. The van der Waals surface area contributed by atoms with Crippen molar-refractivity contribution in [3.8, 4) is 0 Å². The van der Waals surface area contributed by atoms with Crippen LogP contribution in [0.2, 0.25) is 0 Å². The largest absolute Gasteiger partial charge is 0.301 e. The Hall–Kier alpha value is -0.530. The molecule has 1 aromatic carbocycles. The predicted molar refractivity (Wildman–Crippen MR) is 56.1 cm³/mol. The Bertz CT molecular complexity index is 260. The third-order valence-corrected chi connectivity index (χ3v) is 3.07. The Morgan fingerprint density at radius 1 is 1.23 bits per heavy atom. The SMILES string of the molecule is ClC1NCCCC1c1ccccc1. The summed E-state index contributed by atoms with van der Waals surface area (Å²) < 4.78 is 0. The van der Waals surface area contributed by atoms with Crippen molar-refractivity contribution in [2.24, 2.45) is 0 Å². The topological polar surface area (TPSA) is 12.0 Å². The maximum absolute atomic E-state index is 6.21. The van der Waals surface area contributed by atoms with Gasteiger partial charge in [-0.1, -0.05) is 30.3 Å². The molecule has 70 valence electrons. The molecule has 0 radical (unpaired) electrons. The standard InChI is InChI=1S/C11H14ClN/c12-11-10(7-4-8-13-11)9-5-2-1-3-6-9/h1-3,5-6,10-11,13H,4,7-8H2. The Labute approximate surface area is 84.1 Å². The fraction of sp³-hybridized carbons (Fsp3) is 0.455. The fourth-order valence-corrected chi connectivity index (χ4v) is 2.27. The Balaban J connectivity index is 2.15. The molecule has 1 nitrogen and oxygen atoms in total. The Morgan fingerprint density at radius 2 is 2.00 bits per heavy atom. The first-order valence-corrected chi connectivity index (χ1v) is 5.24. The van der Waals surface area contributed by atoms with E-state index in [1.165, 1.54) is 18.4 Å². The average molecular weight is 196 g/mol. The molecule has 1 aliphatic heterocycles. The number of halogens is 1. The van der Waals surface area contributed by atoms with Crippen LogP contribution in [0.1, 0.15) is 24.3 Å². The summed E-state index contributed by atoms with van der Waals surface area (Å²) in [6.45, 7) is 1.05. The molecular formula is C11H14ClN. The van der Waals surface area contributed by atoms with Crippen molar-refractivity contribution in [3.63, 3.8) is 0 Å². The van der Waals surface area contributed by atoms with Crippen molar-refractivity contribution in [2.45, 2.75) is 24.3 Å². The summed E-state index contributed by atoms with van der Waals surface area (Å²) >= 11 is 6.21. The van der Waals surface area contributed by atoms with E-state index in [4.69, 9.17) is 11.6 Å². The van der Waals surface area contributed by atoms with E-state index < -0.39 is 0 Å². The molecule has 1 saturated heterocycles. The number of rotatable bonds is 1. The highest BCUT2D eigenvalue weighted by Gasteiger charge is 2.23. The van der Waals surface area contributed by atoms with Gasteiger partial charge in [0.25, 0.3) is 0 Å². The van der Waals surface area contributed by atoms with Crippen LogP contribution in [0.15, 0.2) is 30.3 Å². The molecule has 2 heteroatoms. The summed E-state index contributed by atoms with van der Waals surface area (Å²) in [4.78, 5) is 0. The maximum Gasteiger partial charge on any atom is 0.0894 e. The van der Waals surface area contributed by atoms with E-state index in [9.17, 15) is 0 Å². The zero-order valence-corrected chi connectivity index (χ0v) is 8.30. The predicted octanol–water partition coefficient (Wildman–Crippen LogP) is 2.72. The number of hydrogen-bond acceptors (Lipinski definition) is 1. The lowest BCUT2D eigenvalue weighted by molar-refractivity contribution is 0.428. The first kappa shape index (κ1) is 9.04. The van der Waals surface area contributed by atoms with Crippen molar-refractivity contribution in [2.75, 3.05) is 6.54 Å². The second kappa shape index (κ2) is 4.12. The van der Waals surface area contributed by atoms with E-state index in [-0.39, 0.29) is 5.50 Å². The monoisotopic (exact) mass is 195 g/mol. The van der Waals surface area contributed by atoms with Gasteiger partial charge in [0.05, 0.1) is 5.50 Å². The maximum atomic E-state index is 6.21. The summed E-state index contributed by atoms with van der Waals surface area (Å²) in [6.07, 6.45) is 2.42. The number of hydrogen-bond donors (Lipinski definition) is 1. The van der Waals surface area contributed by atoms with Crippen LogP contribution in [0, 0.1) is 0 Å². The number of piperidine rings is 1. The molecule has 13 heavy (non-hydrogen) atoms. The molecule has 0 spiro atoms. The minimum absolute atomic E-state index is 0.108. The molecule has 1 aliphatic rings. The van der Waals surface area contributed by atoms with Gasteiger partial charge in [0.1, 0.15) is 0 Å². The van der Waals surface area contributed by atoms with Crippen molar-refractivity contribution in [1.82, 2.24) is 5.32 Å². The summed E-state index contributed by atoms with van der Waals surface area (Å²) in [5.41, 5.74) is 1.46. The van der Waals surface area contributed by atoms with Crippen LogP contribution in [-0.4, -0.2) is 12.0 Å². The molecule has 0 aliphatic carbocycles. The third-order valence-electron chi connectivity index (χ3n) is 2.61. The summed E-state index contributed by atoms with van der Waals surface area (Å²) in [5, 5.41) is 3.30. The van der Waals surface area contributed by atoms with Crippen LogP contribution in [0.3, 0.4) is 0 Å². The molecule has 2 unspecified atom stereocenters. The fourth-order valence-electron chi connectivity index (χ4n) is 1.89. The van der Waals surface area contributed by atoms with Crippen molar-refractivity contribution in [1.29, 1.82) is 0 Å². The minimum atomic E-state index is 0.108. The second-order valence-corrected chi connectivity index (χ2v) is 3.99. The van der Waals surface area contributed by atoms with Gasteiger partial charge >= 0.3 is 0 Å². The lowest BCUT2D eigenvalue weighted by atomic mass is 9.91. The number of alkyl halides is 1. The molecular weight excluding hydrogens is 182 g/mol. The quantitative estimate of drug-likeness (QED) is 0.537. The van der Waals surface area contributed by atoms with E-state index in [0.29, 0.717) is 5.92 Å². The summed E-state index contributed by atoms with van der Waals surface area (Å²) in [6, 6.07) is 10.5. The summed E-state index contributed by atoms with van der Waals surface area (Å²) in [5.74, 6) is 0.483. The number of benzene rings is 1. The van der Waals surface area contributed by atoms with Gasteiger partial charge in [-0.05, 0) is 24.9 Å². The first-order chi connectivity index (χ1) is 6.38. The van der Waals surface area contributed by atoms with Crippen LogP contribution in [0.5, 0.6) is 0 Å². The third kappa shape index (κ3) is 2.04. The smallest absolute Gasteiger partial charge is 0.0894 e. The van der Waals surface area contributed by atoms with E-state index in [2.05, 4.69) is 29.6 Å². The van der Waals surface area contributed by atoms with Gasteiger partial charge in [-0.3, -0.25) is 0 Å². The molecule has 0 amide bonds. The van der Waals surface area contributed by atoms with Gasteiger partial charge in [-0.15, -0.1) is 11.6 Å². The van der Waals surface area contributed by atoms with E-state index in [1.807, 2.05) is 6.07 Å². The number of nitrogens with one attached hydrogen (secondary N) is 1. The highest BCUT2D eigenvalue weighted by Crippen LogP contribution is 2.29. The normalized spacial score (nSPS) is 28.7. The molecule has 0 aromatic heterocycles. The van der Waals surface area contributed by atoms with Gasteiger partial charge in [-0.25, -0.2) is 0 Å². The lowest BCUT2D eigenvalue weighted by Crippen LogP contribution is -2.35. The zero-order valence-electron chi connectivity index (χ0n) is 7.54. The van der Waals surface area contributed by atoms with Crippen molar-refractivity contribution >= 4 is 11.6 Å². The molecule has 1 fully saturated rings.